The predicted octanol–water partition coefficient (Wildman–Crippen LogP) is 3.07. The molecule has 1 aromatic rings. The molecule has 0 spiro atoms. The van der Waals surface area contributed by atoms with Gasteiger partial charge in [0.1, 0.15) is 5.60 Å². The molecule has 1 aromatic heterocycles. The van der Waals surface area contributed by atoms with Crippen molar-refractivity contribution in [3.8, 4) is 0 Å². The second-order valence-corrected chi connectivity index (χ2v) is 7.14. The van der Waals surface area contributed by atoms with Crippen LogP contribution in [-0.4, -0.2) is 14.7 Å². The number of hydrogen-bond acceptors (Lipinski definition) is 3. The van der Waals surface area contributed by atoms with Crippen LogP contribution in [-0.2, 0) is 10.0 Å². The molecule has 0 aromatic carbocycles. The van der Waals surface area contributed by atoms with Gasteiger partial charge in [0.2, 0.25) is 9.76 Å². The van der Waals surface area contributed by atoms with E-state index < -0.39 is 5.60 Å². The summed E-state index contributed by atoms with van der Waals surface area (Å²) in [5, 5.41) is 0.186. The standard InChI is InChI=1S/C11H19NO2Si/c1-8-9(13-7-12-8)11(5,6)14-15-10(2,3)4/h7H,1-6H3. The summed E-state index contributed by atoms with van der Waals surface area (Å²) in [4.78, 5) is 4.08. The third-order valence-corrected chi connectivity index (χ3v) is 3.13. The smallest absolute Gasteiger partial charge is 0.237 e. The van der Waals surface area contributed by atoms with E-state index in [4.69, 9.17) is 8.84 Å². The predicted molar refractivity (Wildman–Crippen MR) is 60.8 cm³/mol. The zero-order chi connectivity index (χ0) is 11.7. The normalized spacial score (nSPS) is 13.2. The third-order valence-electron chi connectivity index (χ3n) is 1.90. The quantitative estimate of drug-likeness (QED) is 0.742. The Bertz CT molecular complexity index is 326. The monoisotopic (exact) mass is 225 g/mol. The van der Waals surface area contributed by atoms with Crippen molar-refractivity contribution in [2.24, 2.45) is 0 Å². The van der Waals surface area contributed by atoms with Gasteiger partial charge in [-0.3, -0.25) is 0 Å². The number of aromatic nitrogens is 1. The van der Waals surface area contributed by atoms with E-state index in [9.17, 15) is 0 Å². The highest BCUT2D eigenvalue weighted by molar-refractivity contribution is 6.31. The number of hydrogen-bond donors (Lipinski definition) is 0. The number of rotatable bonds is 3. The summed E-state index contributed by atoms with van der Waals surface area (Å²) >= 11 is 0. The van der Waals surface area contributed by atoms with Gasteiger partial charge in [0.15, 0.2) is 12.2 Å². The first kappa shape index (κ1) is 12.5. The van der Waals surface area contributed by atoms with Crippen molar-refractivity contribution in [3.63, 3.8) is 0 Å². The Hall–Kier alpha value is -0.613. The van der Waals surface area contributed by atoms with Gasteiger partial charge in [0, 0.05) is 0 Å². The molecular formula is C11H19NO2Si. The fourth-order valence-corrected chi connectivity index (χ4v) is 1.86. The Labute approximate surface area is 94.2 Å². The largest absolute Gasteiger partial charge is 0.445 e. The van der Waals surface area contributed by atoms with E-state index >= 15 is 0 Å². The van der Waals surface area contributed by atoms with Crippen molar-refractivity contribution in [1.29, 1.82) is 0 Å². The van der Waals surface area contributed by atoms with E-state index in [1.165, 1.54) is 6.39 Å². The van der Waals surface area contributed by atoms with Crippen LogP contribution in [0.4, 0.5) is 0 Å². The van der Waals surface area contributed by atoms with E-state index in [0.29, 0.717) is 9.76 Å². The van der Waals surface area contributed by atoms with Gasteiger partial charge in [-0.1, -0.05) is 20.8 Å². The summed E-state index contributed by atoms with van der Waals surface area (Å²) in [5.74, 6) is 0.819. The van der Waals surface area contributed by atoms with Gasteiger partial charge >= 0.3 is 0 Å². The summed E-state index contributed by atoms with van der Waals surface area (Å²) < 4.78 is 11.3. The van der Waals surface area contributed by atoms with E-state index in [-0.39, 0.29) is 5.04 Å². The maximum atomic E-state index is 5.91. The van der Waals surface area contributed by atoms with Crippen molar-refractivity contribution in [2.75, 3.05) is 0 Å². The lowest BCUT2D eigenvalue weighted by molar-refractivity contribution is 0.0820. The van der Waals surface area contributed by atoms with Crippen molar-refractivity contribution >= 4 is 9.76 Å². The molecule has 84 valence electrons. The minimum atomic E-state index is -0.397. The zero-order valence-corrected chi connectivity index (χ0v) is 11.3. The molecule has 0 unspecified atom stereocenters. The van der Waals surface area contributed by atoms with Crippen LogP contribution >= 0.6 is 0 Å². The van der Waals surface area contributed by atoms with Crippen molar-refractivity contribution in [1.82, 2.24) is 4.98 Å². The van der Waals surface area contributed by atoms with Gasteiger partial charge in [-0.15, -0.1) is 0 Å². The average molecular weight is 225 g/mol. The minimum absolute atomic E-state index is 0.186. The molecule has 0 bridgehead atoms. The molecule has 1 rings (SSSR count). The lowest BCUT2D eigenvalue weighted by atomic mass is 10.1. The molecule has 0 N–H and O–H groups in total. The van der Waals surface area contributed by atoms with E-state index in [2.05, 4.69) is 25.8 Å². The Morgan fingerprint density at radius 1 is 1.27 bits per heavy atom. The van der Waals surface area contributed by atoms with Gasteiger partial charge in [-0.05, 0) is 25.8 Å². The highest BCUT2D eigenvalue weighted by atomic mass is 28.2. The first-order valence-corrected chi connectivity index (χ1v) is 5.99. The van der Waals surface area contributed by atoms with Crippen LogP contribution in [0.5, 0.6) is 0 Å². The van der Waals surface area contributed by atoms with Gasteiger partial charge in [0.05, 0.1) is 5.69 Å². The fourth-order valence-electron chi connectivity index (χ4n) is 1.21. The molecule has 0 fully saturated rings. The lowest BCUT2D eigenvalue weighted by Crippen LogP contribution is -2.27. The van der Waals surface area contributed by atoms with Gasteiger partial charge < -0.3 is 8.84 Å². The zero-order valence-electron chi connectivity index (χ0n) is 10.3. The van der Waals surface area contributed by atoms with Crippen LogP contribution in [0.1, 0.15) is 46.1 Å². The Balaban J connectivity index is 2.72. The second-order valence-electron chi connectivity index (χ2n) is 5.23. The summed E-state index contributed by atoms with van der Waals surface area (Å²) in [6.07, 6.45) is 1.47. The Morgan fingerprint density at radius 3 is 2.27 bits per heavy atom. The Kier molecular flexibility index (Phi) is 3.40. The van der Waals surface area contributed by atoms with Crippen LogP contribution in [0.15, 0.2) is 10.8 Å². The lowest BCUT2D eigenvalue weighted by Gasteiger charge is -2.27. The molecule has 0 aliphatic carbocycles. The van der Waals surface area contributed by atoms with Crippen LogP contribution in [0.3, 0.4) is 0 Å². The molecule has 0 saturated heterocycles. The fraction of sp³-hybridized carbons (Fsp3) is 0.727. The number of nitrogens with zero attached hydrogens (tertiary/aromatic N) is 1. The maximum Gasteiger partial charge on any atom is 0.237 e. The molecule has 0 aliphatic rings. The van der Waals surface area contributed by atoms with Gasteiger partial charge in [0.25, 0.3) is 0 Å². The highest BCUT2D eigenvalue weighted by Crippen LogP contribution is 2.30. The van der Waals surface area contributed by atoms with Gasteiger partial charge in [-0.2, -0.15) is 0 Å². The number of oxazole rings is 1. The summed E-state index contributed by atoms with van der Waals surface area (Å²) in [5.41, 5.74) is 0.505. The summed E-state index contributed by atoms with van der Waals surface area (Å²) in [6.45, 7) is 12.4. The molecule has 0 amide bonds. The first-order chi connectivity index (χ1) is 6.72. The maximum absolute atomic E-state index is 5.91. The molecular weight excluding hydrogens is 206 g/mol. The van der Waals surface area contributed by atoms with Crippen LogP contribution in [0, 0.1) is 6.92 Å². The first-order valence-electron chi connectivity index (χ1n) is 5.08. The van der Waals surface area contributed by atoms with Gasteiger partial charge in [-0.25, -0.2) is 4.98 Å². The molecule has 15 heavy (non-hydrogen) atoms. The molecule has 0 aliphatic heterocycles. The van der Waals surface area contributed by atoms with Crippen molar-refractivity contribution in [2.45, 2.75) is 52.2 Å². The molecule has 3 nitrogen and oxygen atoms in total. The third kappa shape index (κ3) is 3.46. The van der Waals surface area contributed by atoms with E-state index in [1.54, 1.807) is 0 Å². The molecule has 2 radical (unpaired) electrons. The summed E-state index contributed by atoms with van der Waals surface area (Å²) in [6, 6.07) is 0. The topological polar surface area (TPSA) is 35.3 Å². The summed E-state index contributed by atoms with van der Waals surface area (Å²) in [7, 11) is 0.440. The Morgan fingerprint density at radius 2 is 1.87 bits per heavy atom. The SMILES string of the molecule is Cc1ncoc1C(C)(C)O[Si]C(C)(C)C. The second kappa shape index (κ2) is 4.10. The molecule has 0 atom stereocenters. The van der Waals surface area contributed by atoms with E-state index in [1.807, 2.05) is 20.8 Å². The van der Waals surface area contributed by atoms with Crippen molar-refractivity contribution < 1.29 is 8.84 Å². The van der Waals surface area contributed by atoms with Crippen LogP contribution < -0.4 is 0 Å². The minimum Gasteiger partial charge on any atom is -0.445 e. The molecule has 4 heteroatoms. The van der Waals surface area contributed by atoms with Crippen LogP contribution in [0.25, 0.3) is 0 Å². The average Bonchev–Trinajstić information content (AvgIpc) is 2.47. The highest BCUT2D eigenvalue weighted by Gasteiger charge is 2.29. The molecule has 1 heterocycles. The van der Waals surface area contributed by atoms with Crippen molar-refractivity contribution in [3.05, 3.63) is 17.8 Å². The molecule has 0 saturated carbocycles. The number of aryl methyl sites for hydroxylation is 1. The van der Waals surface area contributed by atoms with E-state index in [0.717, 1.165) is 11.5 Å². The van der Waals surface area contributed by atoms with Crippen LogP contribution in [0.2, 0.25) is 5.04 Å².